The summed E-state index contributed by atoms with van der Waals surface area (Å²) in [6, 6.07) is 9.59. The van der Waals surface area contributed by atoms with Crippen LogP contribution in [-0.4, -0.2) is 36.3 Å². The van der Waals surface area contributed by atoms with Crippen LogP contribution in [0, 0.1) is 5.82 Å². The van der Waals surface area contributed by atoms with E-state index < -0.39 is 14.5 Å². The number of benzene rings is 2. The van der Waals surface area contributed by atoms with Crippen molar-refractivity contribution in [3.63, 3.8) is 0 Å². The third-order valence-electron chi connectivity index (χ3n) is 7.49. The number of aromatic nitrogens is 1. The molecule has 2 aromatic carbocycles. The Labute approximate surface area is 213 Å². The number of fused-ring (bicyclic) bond motifs is 2. The van der Waals surface area contributed by atoms with Gasteiger partial charge in [-0.3, -0.25) is 9.78 Å². The Kier molecular flexibility index (Phi) is 7.12. The fraction of sp³-hybridized carbons (Fsp3) is 0.429. The summed E-state index contributed by atoms with van der Waals surface area (Å²) >= 11 is 0. The minimum absolute atomic E-state index is 0.114. The number of carbonyl (C=O) groups excluding carboxylic acids is 1. The summed E-state index contributed by atoms with van der Waals surface area (Å²) < 4.78 is 26.3. The highest BCUT2D eigenvalue weighted by molar-refractivity contribution is 6.78. The number of rotatable bonds is 8. The van der Waals surface area contributed by atoms with Gasteiger partial charge in [-0.25, -0.2) is 4.39 Å². The molecule has 1 aliphatic heterocycles. The number of ether oxygens (including phenoxy) is 1. The molecule has 6 nitrogen and oxygen atoms in total. The first-order valence-corrected chi connectivity index (χ1v) is 14.6. The van der Waals surface area contributed by atoms with Gasteiger partial charge in [0.1, 0.15) is 22.8 Å². The molecule has 1 N–H and O–H groups in total. The molecule has 0 fully saturated rings. The summed E-state index contributed by atoms with van der Waals surface area (Å²) in [5, 5.41) is 12.1. The number of carbonyl (C=O) groups is 1. The zero-order valence-corrected chi connectivity index (χ0v) is 23.0. The standard InChI is InChI=1S/C28H35FN2O4Si/c1-16(2)36(17(3)4,18(5)6)35-26-23-22(25(34-7)21-9-8-14-30-24(21)26)27(32)31(28(23)33)15-19-10-12-20(29)13-11-19/h8-14,16-18,27,32H,15H2,1-7H3. The first-order chi connectivity index (χ1) is 17.0. The van der Waals surface area contributed by atoms with Crippen LogP contribution in [0.4, 0.5) is 4.39 Å². The van der Waals surface area contributed by atoms with E-state index in [1.54, 1.807) is 24.4 Å². The zero-order valence-electron chi connectivity index (χ0n) is 22.0. The normalized spacial score (nSPS) is 15.9. The highest BCUT2D eigenvalue weighted by Crippen LogP contribution is 2.51. The van der Waals surface area contributed by atoms with Crippen molar-refractivity contribution < 1.29 is 23.5 Å². The molecule has 4 rings (SSSR count). The number of hydrogen-bond donors (Lipinski definition) is 1. The maximum Gasteiger partial charge on any atom is 0.260 e. The molecule has 3 aromatic rings. The first-order valence-electron chi connectivity index (χ1n) is 12.5. The minimum Gasteiger partial charge on any atom is -0.541 e. The lowest BCUT2D eigenvalue weighted by Crippen LogP contribution is -2.51. The van der Waals surface area contributed by atoms with E-state index in [0.717, 1.165) is 0 Å². The van der Waals surface area contributed by atoms with Gasteiger partial charge < -0.3 is 19.2 Å². The molecule has 8 heteroatoms. The Balaban J connectivity index is 1.96. The number of pyridine rings is 1. The number of halogens is 1. The lowest BCUT2D eigenvalue weighted by Gasteiger charge is -2.42. The van der Waals surface area contributed by atoms with Crippen molar-refractivity contribution in [3.05, 3.63) is 65.1 Å². The van der Waals surface area contributed by atoms with Gasteiger partial charge >= 0.3 is 0 Å². The molecule has 0 saturated heterocycles. The Morgan fingerprint density at radius 3 is 2.19 bits per heavy atom. The number of aliphatic hydroxyl groups excluding tert-OH is 1. The van der Waals surface area contributed by atoms with Gasteiger partial charge in [-0.1, -0.05) is 53.7 Å². The van der Waals surface area contributed by atoms with Crippen LogP contribution >= 0.6 is 0 Å². The Hall–Kier alpha value is -2.97. The van der Waals surface area contributed by atoms with Gasteiger partial charge in [-0.2, -0.15) is 0 Å². The lowest BCUT2D eigenvalue weighted by atomic mass is 10.0. The molecule has 0 radical (unpaired) electrons. The molecular weight excluding hydrogens is 475 g/mol. The molecule has 1 amide bonds. The van der Waals surface area contributed by atoms with E-state index in [9.17, 15) is 14.3 Å². The SMILES string of the molecule is COc1c2c(c(O[Si](C(C)C)(C(C)C)C(C)C)c3ncccc13)C(=O)N(Cc1ccc(F)cc1)C2O. The Bertz CT molecular complexity index is 1260. The second-order valence-electron chi connectivity index (χ2n) is 10.4. The number of amides is 1. The van der Waals surface area contributed by atoms with E-state index in [4.69, 9.17) is 9.16 Å². The predicted molar refractivity (Wildman–Crippen MR) is 141 cm³/mol. The number of nitrogens with zero attached hydrogens (tertiary/aromatic N) is 2. The minimum atomic E-state index is -2.48. The van der Waals surface area contributed by atoms with Gasteiger partial charge in [0.2, 0.25) is 0 Å². The molecular formula is C28H35FN2O4Si. The third-order valence-corrected chi connectivity index (χ3v) is 13.5. The fourth-order valence-corrected chi connectivity index (χ4v) is 11.2. The highest BCUT2D eigenvalue weighted by Gasteiger charge is 2.50. The van der Waals surface area contributed by atoms with Crippen LogP contribution in [0.15, 0.2) is 42.6 Å². The molecule has 192 valence electrons. The Morgan fingerprint density at radius 1 is 1.03 bits per heavy atom. The fourth-order valence-electron chi connectivity index (χ4n) is 5.93. The first kappa shape index (κ1) is 26.1. The van der Waals surface area contributed by atoms with Gasteiger partial charge in [0.15, 0.2) is 6.23 Å². The lowest BCUT2D eigenvalue weighted by molar-refractivity contribution is 0.0129. The van der Waals surface area contributed by atoms with Crippen LogP contribution < -0.4 is 9.16 Å². The second-order valence-corrected chi connectivity index (χ2v) is 15.8. The summed E-state index contributed by atoms with van der Waals surface area (Å²) in [7, 11) is -0.959. The van der Waals surface area contributed by atoms with Crippen LogP contribution in [0.25, 0.3) is 10.9 Å². The molecule has 1 aromatic heterocycles. The molecule has 0 bridgehead atoms. The van der Waals surface area contributed by atoms with Crippen molar-refractivity contribution in [2.45, 2.75) is 70.9 Å². The van der Waals surface area contributed by atoms with Gasteiger partial charge in [0, 0.05) is 18.1 Å². The van der Waals surface area contributed by atoms with Crippen LogP contribution in [-0.2, 0) is 6.54 Å². The van der Waals surface area contributed by atoms with Crippen molar-refractivity contribution in [3.8, 4) is 11.5 Å². The maximum atomic E-state index is 14.0. The summed E-state index contributed by atoms with van der Waals surface area (Å²) in [5.74, 6) is 0.118. The van der Waals surface area contributed by atoms with E-state index >= 15 is 0 Å². The van der Waals surface area contributed by atoms with Crippen LogP contribution in [0.5, 0.6) is 11.5 Å². The van der Waals surface area contributed by atoms with Crippen LogP contribution in [0.3, 0.4) is 0 Å². The number of methoxy groups -OCH3 is 1. The van der Waals surface area contributed by atoms with Crippen molar-refractivity contribution in [1.82, 2.24) is 9.88 Å². The van der Waals surface area contributed by atoms with E-state index in [1.165, 1.54) is 24.1 Å². The smallest absolute Gasteiger partial charge is 0.260 e. The Morgan fingerprint density at radius 2 is 1.64 bits per heavy atom. The molecule has 0 aliphatic carbocycles. The van der Waals surface area contributed by atoms with Crippen LogP contribution in [0.2, 0.25) is 16.6 Å². The van der Waals surface area contributed by atoms with Crippen molar-refractivity contribution in [2.24, 2.45) is 0 Å². The molecule has 1 unspecified atom stereocenters. The largest absolute Gasteiger partial charge is 0.541 e. The van der Waals surface area contributed by atoms with E-state index in [2.05, 4.69) is 46.5 Å². The average Bonchev–Trinajstić information content (AvgIpc) is 3.07. The van der Waals surface area contributed by atoms with Gasteiger partial charge in [0.05, 0.1) is 18.2 Å². The number of aliphatic hydroxyl groups is 1. The van der Waals surface area contributed by atoms with Crippen molar-refractivity contribution in [1.29, 1.82) is 0 Å². The zero-order chi connectivity index (χ0) is 26.4. The van der Waals surface area contributed by atoms with Crippen molar-refractivity contribution in [2.75, 3.05) is 7.11 Å². The highest BCUT2D eigenvalue weighted by atomic mass is 28.4. The predicted octanol–water partition coefficient (Wildman–Crippen LogP) is 6.58. The van der Waals surface area contributed by atoms with E-state index in [1.807, 2.05) is 6.07 Å². The summed E-state index contributed by atoms with van der Waals surface area (Å²) in [4.78, 5) is 20.0. The molecule has 36 heavy (non-hydrogen) atoms. The van der Waals surface area contributed by atoms with Crippen LogP contribution in [0.1, 0.15) is 69.3 Å². The monoisotopic (exact) mass is 510 g/mol. The molecule has 1 atom stereocenters. The maximum absolute atomic E-state index is 14.0. The molecule has 2 heterocycles. The summed E-state index contributed by atoms with van der Waals surface area (Å²) in [5.41, 5.74) is 2.75. The van der Waals surface area contributed by atoms with Gasteiger partial charge in [0.25, 0.3) is 14.2 Å². The third kappa shape index (κ3) is 4.06. The van der Waals surface area contributed by atoms with Crippen molar-refractivity contribution >= 4 is 25.1 Å². The quantitative estimate of drug-likeness (QED) is 0.346. The topological polar surface area (TPSA) is 71.9 Å². The molecule has 1 aliphatic rings. The summed E-state index contributed by atoms with van der Waals surface area (Å²) in [6.07, 6.45) is 0.434. The van der Waals surface area contributed by atoms with Gasteiger partial charge in [-0.05, 0) is 46.5 Å². The second kappa shape index (κ2) is 9.82. The van der Waals surface area contributed by atoms with E-state index in [-0.39, 0.29) is 34.9 Å². The van der Waals surface area contributed by atoms with Gasteiger partial charge in [-0.15, -0.1) is 0 Å². The average molecular weight is 511 g/mol. The summed E-state index contributed by atoms with van der Waals surface area (Å²) in [6.45, 7) is 13.2. The molecule has 0 saturated carbocycles. The number of hydrogen-bond acceptors (Lipinski definition) is 5. The molecule has 0 spiro atoms. The van der Waals surface area contributed by atoms with E-state index in [0.29, 0.717) is 39.1 Å².